The average Bonchev–Trinajstić information content (AvgIpc) is 2.48. The number of hydrogen-bond acceptors (Lipinski definition) is 2. The fourth-order valence-corrected chi connectivity index (χ4v) is 3.27. The molecule has 106 valence electrons. The number of anilines is 1. The smallest absolute Gasteiger partial charge is 0.224 e. The summed E-state index contributed by atoms with van der Waals surface area (Å²) >= 11 is 5.62. The van der Waals surface area contributed by atoms with Crippen molar-refractivity contribution in [1.82, 2.24) is 0 Å². The lowest BCUT2D eigenvalue weighted by molar-refractivity contribution is -0.116. The third kappa shape index (κ3) is 3.03. The van der Waals surface area contributed by atoms with Crippen molar-refractivity contribution in [1.29, 1.82) is 0 Å². The van der Waals surface area contributed by atoms with E-state index in [0.29, 0.717) is 24.0 Å². The lowest BCUT2D eigenvalue weighted by atomic mass is 9.96. The van der Waals surface area contributed by atoms with E-state index in [9.17, 15) is 9.59 Å². The van der Waals surface area contributed by atoms with Crippen LogP contribution in [0.25, 0.3) is 0 Å². The number of benzene rings is 2. The van der Waals surface area contributed by atoms with E-state index >= 15 is 0 Å². The molecule has 0 aliphatic carbocycles. The van der Waals surface area contributed by atoms with Gasteiger partial charge >= 0.3 is 0 Å². The maximum absolute atomic E-state index is 12.6. The molecule has 0 atom stereocenters. The van der Waals surface area contributed by atoms with Crippen LogP contribution in [0, 0.1) is 3.57 Å². The Morgan fingerprint density at radius 2 is 1.95 bits per heavy atom. The Morgan fingerprint density at radius 1 is 1.14 bits per heavy atom. The van der Waals surface area contributed by atoms with Crippen molar-refractivity contribution < 1.29 is 9.59 Å². The summed E-state index contributed by atoms with van der Waals surface area (Å²) in [6, 6.07) is 11.1. The highest BCUT2D eigenvalue weighted by molar-refractivity contribution is 14.1. The number of aryl methyl sites for hydroxylation is 1. The fourth-order valence-electron chi connectivity index (χ4n) is 2.35. The second-order valence-electron chi connectivity index (χ2n) is 4.87. The molecular formula is C16H11BrINO2. The molecule has 0 radical (unpaired) electrons. The molecule has 3 nitrogen and oxygen atoms in total. The van der Waals surface area contributed by atoms with Gasteiger partial charge in [0.1, 0.15) is 0 Å². The quantitative estimate of drug-likeness (QED) is 0.545. The highest BCUT2D eigenvalue weighted by Gasteiger charge is 2.18. The van der Waals surface area contributed by atoms with Crippen LogP contribution in [0.15, 0.2) is 40.9 Å². The second kappa shape index (κ2) is 5.88. The van der Waals surface area contributed by atoms with Crippen LogP contribution in [-0.4, -0.2) is 11.7 Å². The fraction of sp³-hybridized carbons (Fsp3) is 0.125. The Kier molecular flexibility index (Phi) is 4.12. The van der Waals surface area contributed by atoms with E-state index < -0.39 is 0 Å². The van der Waals surface area contributed by atoms with Gasteiger partial charge in [0.05, 0.1) is 0 Å². The van der Waals surface area contributed by atoms with Crippen molar-refractivity contribution in [3.05, 3.63) is 61.1 Å². The molecule has 0 spiro atoms. The number of halogens is 2. The van der Waals surface area contributed by atoms with Gasteiger partial charge < -0.3 is 5.32 Å². The first kappa shape index (κ1) is 14.7. The molecule has 0 aromatic heterocycles. The molecule has 1 amide bonds. The first-order chi connectivity index (χ1) is 10.0. The Labute approximate surface area is 144 Å². The standard InChI is InChI=1S/C16H11BrINO2/c17-13-4-3-11(18)8-12(13)16(21)10-1-5-14-9(7-10)2-6-15(20)19-14/h1,3-5,7-8H,2,6H2,(H,19,20). The van der Waals surface area contributed by atoms with Gasteiger partial charge in [-0.2, -0.15) is 0 Å². The molecule has 2 aromatic rings. The highest BCUT2D eigenvalue weighted by atomic mass is 127. The first-order valence-electron chi connectivity index (χ1n) is 6.47. The lowest BCUT2D eigenvalue weighted by Gasteiger charge is -2.17. The van der Waals surface area contributed by atoms with Crippen LogP contribution in [0.3, 0.4) is 0 Å². The third-order valence-electron chi connectivity index (χ3n) is 3.44. The largest absolute Gasteiger partial charge is 0.326 e. The third-order valence-corrected chi connectivity index (χ3v) is 4.80. The molecule has 21 heavy (non-hydrogen) atoms. The number of carbonyl (C=O) groups excluding carboxylic acids is 2. The monoisotopic (exact) mass is 455 g/mol. The molecule has 2 aromatic carbocycles. The summed E-state index contributed by atoms with van der Waals surface area (Å²) in [5.74, 6) is 0.0158. The molecule has 0 saturated heterocycles. The molecule has 5 heteroatoms. The van der Waals surface area contributed by atoms with Crippen molar-refractivity contribution in [2.24, 2.45) is 0 Å². The summed E-state index contributed by atoms with van der Waals surface area (Å²) < 4.78 is 1.81. The summed E-state index contributed by atoms with van der Waals surface area (Å²) in [6.45, 7) is 0. The highest BCUT2D eigenvalue weighted by Crippen LogP contribution is 2.27. The maximum atomic E-state index is 12.6. The molecule has 1 N–H and O–H groups in total. The molecule has 0 unspecified atom stereocenters. The van der Waals surface area contributed by atoms with Crippen LogP contribution in [-0.2, 0) is 11.2 Å². The number of rotatable bonds is 2. The average molecular weight is 456 g/mol. The topological polar surface area (TPSA) is 46.2 Å². The number of amides is 1. The van der Waals surface area contributed by atoms with Gasteiger partial charge in [0.25, 0.3) is 0 Å². The van der Waals surface area contributed by atoms with E-state index in [1.54, 1.807) is 12.1 Å². The number of ketones is 1. The first-order valence-corrected chi connectivity index (χ1v) is 8.34. The van der Waals surface area contributed by atoms with Gasteiger partial charge in [-0.05, 0) is 71.0 Å². The van der Waals surface area contributed by atoms with Crippen LogP contribution < -0.4 is 5.32 Å². The minimum absolute atomic E-state index is 0.0138. The van der Waals surface area contributed by atoms with Crippen LogP contribution in [0.2, 0.25) is 0 Å². The predicted molar refractivity (Wildman–Crippen MR) is 93.7 cm³/mol. The molecule has 1 aliphatic heterocycles. The Balaban J connectivity index is 1.99. The maximum Gasteiger partial charge on any atom is 0.224 e. The van der Waals surface area contributed by atoms with Gasteiger partial charge in [0, 0.05) is 31.3 Å². The number of carbonyl (C=O) groups is 2. The van der Waals surface area contributed by atoms with Crippen molar-refractivity contribution in [2.45, 2.75) is 12.8 Å². The van der Waals surface area contributed by atoms with E-state index in [4.69, 9.17) is 0 Å². The SMILES string of the molecule is O=C1CCc2cc(C(=O)c3cc(I)ccc3Br)ccc2N1. The van der Waals surface area contributed by atoms with Gasteiger partial charge in [-0.15, -0.1) is 0 Å². The van der Waals surface area contributed by atoms with E-state index in [1.807, 2.05) is 24.3 Å². The zero-order valence-electron chi connectivity index (χ0n) is 11.0. The Morgan fingerprint density at radius 3 is 2.76 bits per heavy atom. The normalized spacial score (nSPS) is 13.5. The van der Waals surface area contributed by atoms with Crippen molar-refractivity contribution >= 4 is 55.9 Å². The van der Waals surface area contributed by atoms with Crippen molar-refractivity contribution in [2.75, 3.05) is 5.32 Å². The van der Waals surface area contributed by atoms with E-state index in [0.717, 1.165) is 19.3 Å². The minimum atomic E-state index is -0.0138. The molecular weight excluding hydrogens is 445 g/mol. The lowest BCUT2D eigenvalue weighted by Crippen LogP contribution is -2.19. The van der Waals surface area contributed by atoms with Crippen LogP contribution in [0.1, 0.15) is 27.9 Å². The van der Waals surface area contributed by atoms with Gasteiger partial charge in [-0.3, -0.25) is 9.59 Å². The predicted octanol–water partition coefficient (Wildman–Crippen LogP) is 4.17. The Hall–Kier alpha value is -1.21. The van der Waals surface area contributed by atoms with Gasteiger partial charge in [0.2, 0.25) is 5.91 Å². The van der Waals surface area contributed by atoms with Gasteiger partial charge in [-0.25, -0.2) is 0 Å². The minimum Gasteiger partial charge on any atom is -0.326 e. The molecule has 1 heterocycles. The molecule has 3 rings (SSSR count). The van der Waals surface area contributed by atoms with E-state index in [2.05, 4.69) is 43.8 Å². The van der Waals surface area contributed by atoms with Crippen molar-refractivity contribution in [3.63, 3.8) is 0 Å². The van der Waals surface area contributed by atoms with Gasteiger partial charge in [0.15, 0.2) is 5.78 Å². The van der Waals surface area contributed by atoms with Crippen LogP contribution in [0.5, 0.6) is 0 Å². The Bertz CT molecular complexity index is 758. The molecule has 1 aliphatic rings. The molecule has 0 bridgehead atoms. The van der Waals surface area contributed by atoms with E-state index in [1.165, 1.54) is 0 Å². The van der Waals surface area contributed by atoms with Gasteiger partial charge in [-0.1, -0.05) is 15.9 Å². The zero-order valence-corrected chi connectivity index (χ0v) is 14.7. The van der Waals surface area contributed by atoms with Crippen molar-refractivity contribution in [3.8, 4) is 0 Å². The number of hydrogen-bond donors (Lipinski definition) is 1. The van der Waals surface area contributed by atoms with Crippen LogP contribution >= 0.6 is 38.5 Å². The van der Waals surface area contributed by atoms with E-state index in [-0.39, 0.29) is 11.7 Å². The van der Waals surface area contributed by atoms with Crippen LogP contribution in [0.4, 0.5) is 5.69 Å². The summed E-state index contributed by atoms with van der Waals surface area (Å²) in [5, 5.41) is 2.83. The number of fused-ring (bicyclic) bond motifs is 1. The zero-order chi connectivity index (χ0) is 15.0. The summed E-state index contributed by atoms with van der Waals surface area (Å²) in [7, 11) is 0. The summed E-state index contributed by atoms with van der Waals surface area (Å²) in [6.07, 6.45) is 1.15. The molecule has 0 saturated carbocycles. The number of nitrogens with one attached hydrogen (secondary N) is 1. The summed E-state index contributed by atoms with van der Waals surface area (Å²) in [4.78, 5) is 24.0. The molecule has 0 fully saturated rings. The summed E-state index contributed by atoms with van der Waals surface area (Å²) in [5.41, 5.74) is 3.13. The second-order valence-corrected chi connectivity index (χ2v) is 6.97.